The Hall–Kier alpha value is -3.76. The highest BCUT2D eigenvalue weighted by molar-refractivity contribution is 6.04. The summed E-state index contributed by atoms with van der Waals surface area (Å²) in [6.45, 7) is 3.38. The average Bonchev–Trinajstić information content (AvgIpc) is 3.35. The van der Waals surface area contributed by atoms with Gasteiger partial charge in [-0.05, 0) is 48.9 Å². The van der Waals surface area contributed by atoms with E-state index in [0.717, 1.165) is 17.1 Å². The zero-order valence-electron chi connectivity index (χ0n) is 19.5. The number of hydrogen-bond donors (Lipinski definition) is 4. The van der Waals surface area contributed by atoms with E-state index in [1.54, 1.807) is 12.1 Å². The van der Waals surface area contributed by atoms with Crippen molar-refractivity contribution < 1.29 is 19.0 Å². The Morgan fingerprint density at radius 3 is 2.66 bits per heavy atom. The molecule has 182 valence electrons. The normalized spacial score (nSPS) is 20.9. The van der Waals surface area contributed by atoms with Gasteiger partial charge in [0.15, 0.2) is 12.0 Å². The van der Waals surface area contributed by atoms with Crippen molar-refractivity contribution in [3.63, 3.8) is 0 Å². The molecule has 2 aliphatic rings. The lowest BCUT2D eigenvalue weighted by molar-refractivity contribution is 0.0822. The molecule has 2 aromatic carbocycles. The van der Waals surface area contributed by atoms with Crippen LogP contribution in [-0.4, -0.2) is 53.0 Å². The van der Waals surface area contributed by atoms with E-state index in [1.165, 1.54) is 24.3 Å². The number of nitrogens with zero attached hydrogens (tertiary/aromatic N) is 3. The van der Waals surface area contributed by atoms with E-state index in [-0.39, 0.29) is 11.7 Å². The number of hydrogen-bond acceptors (Lipinski definition) is 8. The van der Waals surface area contributed by atoms with E-state index in [9.17, 15) is 14.3 Å². The Morgan fingerprint density at radius 2 is 1.97 bits per heavy atom. The number of anilines is 4. The van der Waals surface area contributed by atoms with Crippen LogP contribution in [0.2, 0.25) is 0 Å². The van der Waals surface area contributed by atoms with Crippen molar-refractivity contribution in [2.24, 2.45) is 0 Å². The lowest BCUT2D eigenvalue weighted by atomic mass is 9.91. The van der Waals surface area contributed by atoms with Crippen LogP contribution >= 0.6 is 0 Å². The van der Waals surface area contributed by atoms with Gasteiger partial charge in [0.1, 0.15) is 17.0 Å². The summed E-state index contributed by atoms with van der Waals surface area (Å²) in [6, 6.07) is 12.8. The van der Waals surface area contributed by atoms with Gasteiger partial charge < -0.3 is 30.7 Å². The van der Waals surface area contributed by atoms with Crippen LogP contribution in [0.15, 0.2) is 48.5 Å². The summed E-state index contributed by atoms with van der Waals surface area (Å²) >= 11 is 0. The van der Waals surface area contributed by atoms with Gasteiger partial charge in [-0.1, -0.05) is 12.1 Å². The molecule has 0 saturated carbocycles. The molecular weight excluding hydrogens is 451 g/mol. The van der Waals surface area contributed by atoms with E-state index in [2.05, 4.69) is 20.9 Å². The van der Waals surface area contributed by atoms with E-state index < -0.39 is 11.8 Å². The van der Waals surface area contributed by atoms with Crippen molar-refractivity contribution in [1.29, 1.82) is 0 Å². The number of carbonyl (C=O) groups excluding carboxylic acids is 1. The van der Waals surface area contributed by atoms with Gasteiger partial charge in [0.05, 0.1) is 12.3 Å². The van der Waals surface area contributed by atoms with Crippen LogP contribution in [-0.2, 0) is 11.3 Å². The third-order valence-corrected chi connectivity index (χ3v) is 6.65. The Bertz CT molecular complexity index is 1230. The minimum absolute atomic E-state index is 0.304. The molecule has 1 amide bonds. The van der Waals surface area contributed by atoms with Gasteiger partial charge in [-0.2, -0.15) is 4.98 Å². The molecular formula is C25H27FN6O3. The molecule has 35 heavy (non-hydrogen) atoms. The number of likely N-dealkylation sites (N-methyl/N-ethyl adjacent to an activating group) is 1. The highest BCUT2D eigenvalue weighted by Crippen LogP contribution is 2.41. The summed E-state index contributed by atoms with van der Waals surface area (Å²) in [7, 11) is 1.92. The summed E-state index contributed by atoms with van der Waals surface area (Å²) in [5.74, 6) is 0.509. The highest BCUT2D eigenvalue weighted by Gasteiger charge is 2.50. The first-order valence-corrected chi connectivity index (χ1v) is 11.4. The van der Waals surface area contributed by atoms with Crippen molar-refractivity contribution in [2.45, 2.75) is 31.7 Å². The standard InChI is InChI=1S/C25H27FN6O3/c1-15-20-21(32(2)25(23(34)30-20)11-12-35-14-25)31-24(28-15)27-13-16-3-9-19(10-4-16)29-22(33)17-5-7-18(26)8-6-17/h3-10,23,30,34H,11-14H2,1-2H3,(H,29,33)(H,27,28,31)/t23?,25-/m1/s1. The molecule has 1 saturated heterocycles. The number of ether oxygens (including phenoxy) is 1. The summed E-state index contributed by atoms with van der Waals surface area (Å²) in [6.07, 6.45) is -0.0712. The average molecular weight is 479 g/mol. The molecule has 3 heterocycles. The molecule has 0 bridgehead atoms. The smallest absolute Gasteiger partial charge is 0.255 e. The summed E-state index contributed by atoms with van der Waals surface area (Å²) < 4.78 is 18.6. The van der Waals surface area contributed by atoms with Gasteiger partial charge in [-0.3, -0.25) is 4.79 Å². The Morgan fingerprint density at radius 1 is 1.23 bits per heavy atom. The van der Waals surface area contributed by atoms with Crippen molar-refractivity contribution in [3.05, 3.63) is 71.2 Å². The number of aliphatic hydroxyl groups is 1. The number of fused-ring (bicyclic) bond motifs is 1. The lowest BCUT2D eigenvalue weighted by Gasteiger charge is -2.47. The summed E-state index contributed by atoms with van der Waals surface area (Å²) in [5.41, 5.74) is 2.89. The molecule has 2 atom stereocenters. The molecule has 10 heteroatoms. The molecule has 1 unspecified atom stereocenters. The fourth-order valence-electron chi connectivity index (χ4n) is 4.46. The Kier molecular flexibility index (Phi) is 6.00. The largest absolute Gasteiger partial charge is 0.379 e. The van der Waals surface area contributed by atoms with Gasteiger partial charge in [0, 0.05) is 37.9 Å². The predicted octanol–water partition coefficient (Wildman–Crippen LogP) is 3.13. The number of aromatic nitrogens is 2. The fraction of sp³-hybridized carbons (Fsp3) is 0.320. The number of rotatable bonds is 5. The second-order valence-corrected chi connectivity index (χ2v) is 8.85. The van der Waals surface area contributed by atoms with E-state index in [4.69, 9.17) is 9.72 Å². The molecule has 1 fully saturated rings. The Labute approximate surface area is 202 Å². The van der Waals surface area contributed by atoms with Gasteiger partial charge in [0.2, 0.25) is 5.95 Å². The monoisotopic (exact) mass is 478 g/mol. The topological polar surface area (TPSA) is 112 Å². The quantitative estimate of drug-likeness (QED) is 0.443. The van der Waals surface area contributed by atoms with Crippen LogP contribution in [0.4, 0.5) is 27.5 Å². The maximum Gasteiger partial charge on any atom is 0.255 e. The van der Waals surface area contributed by atoms with Gasteiger partial charge in [0.25, 0.3) is 5.91 Å². The minimum atomic E-state index is -0.773. The van der Waals surface area contributed by atoms with Gasteiger partial charge in [-0.15, -0.1) is 0 Å². The number of aliphatic hydroxyl groups excluding tert-OH is 1. The SMILES string of the molecule is Cc1nc(NCc2ccc(NC(=O)c3ccc(F)cc3)cc2)nc2c1NC(O)[C@]1(CCOC1)N2C. The molecule has 0 aliphatic carbocycles. The number of benzene rings is 2. The number of aryl methyl sites for hydroxylation is 1. The third kappa shape index (κ3) is 4.38. The zero-order valence-corrected chi connectivity index (χ0v) is 19.5. The molecule has 1 aromatic heterocycles. The number of carbonyl (C=O) groups is 1. The summed E-state index contributed by atoms with van der Waals surface area (Å²) in [5, 5.41) is 20.0. The maximum atomic E-state index is 13.1. The highest BCUT2D eigenvalue weighted by atomic mass is 19.1. The van der Waals surface area contributed by atoms with Crippen LogP contribution in [0, 0.1) is 12.7 Å². The number of amides is 1. The second kappa shape index (κ2) is 9.12. The first-order chi connectivity index (χ1) is 16.9. The molecule has 1 spiro atoms. The first kappa shape index (κ1) is 23.0. The van der Waals surface area contributed by atoms with Crippen molar-refractivity contribution >= 4 is 29.0 Å². The minimum Gasteiger partial charge on any atom is -0.379 e. The molecule has 5 rings (SSSR count). The van der Waals surface area contributed by atoms with Gasteiger partial charge in [-0.25, -0.2) is 9.37 Å². The first-order valence-electron chi connectivity index (χ1n) is 11.4. The fourth-order valence-corrected chi connectivity index (χ4v) is 4.46. The van der Waals surface area contributed by atoms with Crippen LogP contribution in [0.3, 0.4) is 0 Å². The predicted molar refractivity (Wildman–Crippen MR) is 131 cm³/mol. The van der Waals surface area contributed by atoms with Crippen LogP contribution in [0.5, 0.6) is 0 Å². The van der Waals surface area contributed by atoms with E-state index in [1.807, 2.05) is 31.0 Å². The molecule has 0 radical (unpaired) electrons. The van der Waals surface area contributed by atoms with Crippen molar-refractivity contribution in [1.82, 2.24) is 9.97 Å². The Balaban J connectivity index is 1.25. The van der Waals surface area contributed by atoms with E-state index >= 15 is 0 Å². The van der Waals surface area contributed by atoms with Crippen LogP contribution in [0.1, 0.15) is 28.0 Å². The van der Waals surface area contributed by atoms with Crippen LogP contribution < -0.4 is 20.9 Å². The second-order valence-electron chi connectivity index (χ2n) is 8.85. The third-order valence-electron chi connectivity index (χ3n) is 6.65. The van der Waals surface area contributed by atoms with Crippen molar-refractivity contribution in [2.75, 3.05) is 41.1 Å². The number of nitrogens with one attached hydrogen (secondary N) is 3. The molecule has 9 nitrogen and oxygen atoms in total. The van der Waals surface area contributed by atoms with E-state index in [0.29, 0.717) is 49.1 Å². The van der Waals surface area contributed by atoms with Crippen LogP contribution in [0.25, 0.3) is 0 Å². The summed E-state index contributed by atoms with van der Waals surface area (Å²) in [4.78, 5) is 23.6. The molecule has 4 N–H and O–H groups in total. The number of halogens is 1. The zero-order chi connectivity index (χ0) is 24.6. The molecule has 3 aromatic rings. The molecule has 2 aliphatic heterocycles. The van der Waals surface area contributed by atoms with Gasteiger partial charge >= 0.3 is 0 Å². The maximum absolute atomic E-state index is 13.1. The lowest BCUT2D eigenvalue weighted by Crippen LogP contribution is -2.62. The van der Waals surface area contributed by atoms with Crippen molar-refractivity contribution in [3.8, 4) is 0 Å².